The molecule has 0 radical (unpaired) electrons. The summed E-state index contributed by atoms with van der Waals surface area (Å²) in [4.78, 5) is 29.3. The number of nitrogens with zero attached hydrogens (tertiary/aromatic N) is 2. The summed E-state index contributed by atoms with van der Waals surface area (Å²) >= 11 is 3.46. The number of rotatable bonds is 13. The third kappa shape index (κ3) is 9.87. The number of para-hydroxylation sites is 2. The van der Waals surface area contributed by atoms with Crippen LogP contribution in [0.2, 0.25) is 0 Å². The highest BCUT2D eigenvalue weighted by Crippen LogP contribution is 2.30. The van der Waals surface area contributed by atoms with Crippen molar-refractivity contribution in [1.82, 2.24) is 10.2 Å². The van der Waals surface area contributed by atoms with Crippen molar-refractivity contribution in [3.05, 3.63) is 94.5 Å². The van der Waals surface area contributed by atoms with Gasteiger partial charge in [0, 0.05) is 35.9 Å². The molecule has 226 valence electrons. The fourth-order valence-corrected chi connectivity index (χ4v) is 5.84. The van der Waals surface area contributed by atoms with Crippen LogP contribution in [0.4, 0.5) is 5.69 Å². The maximum Gasteiger partial charge on any atom is 0.243 e. The monoisotopic (exact) mass is 657 g/mol. The van der Waals surface area contributed by atoms with Gasteiger partial charge in [-0.15, -0.1) is 0 Å². The molecule has 0 aliphatic heterocycles. The van der Waals surface area contributed by atoms with E-state index in [1.165, 1.54) is 11.4 Å². The van der Waals surface area contributed by atoms with Gasteiger partial charge in [-0.3, -0.25) is 13.9 Å². The van der Waals surface area contributed by atoms with Crippen LogP contribution >= 0.6 is 15.9 Å². The molecule has 10 heteroatoms. The van der Waals surface area contributed by atoms with Crippen molar-refractivity contribution in [2.45, 2.75) is 58.2 Å². The van der Waals surface area contributed by atoms with Crippen LogP contribution in [0.5, 0.6) is 5.75 Å². The van der Waals surface area contributed by atoms with Crippen molar-refractivity contribution in [2.24, 2.45) is 0 Å². The number of sulfonamides is 1. The van der Waals surface area contributed by atoms with E-state index in [2.05, 4.69) is 21.2 Å². The number of ether oxygens (including phenoxy) is 1. The van der Waals surface area contributed by atoms with Crippen molar-refractivity contribution >= 4 is 43.5 Å². The number of amides is 2. The summed E-state index contributed by atoms with van der Waals surface area (Å²) in [5.74, 6) is -0.0621. The second-order valence-corrected chi connectivity index (χ2v) is 14.0. The number of methoxy groups -OCH3 is 1. The molecular weight excluding hydrogens is 618 g/mol. The zero-order valence-corrected chi connectivity index (χ0v) is 27.2. The van der Waals surface area contributed by atoms with Crippen LogP contribution in [0.25, 0.3) is 0 Å². The summed E-state index contributed by atoms with van der Waals surface area (Å²) in [6.07, 6.45) is 1.76. The molecule has 0 aliphatic carbocycles. The minimum atomic E-state index is -3.65. The maximum absolute atomic E-state index is 14.0. The van der Waals surface area contributed by atoms with Crippen molar-refractivity contribution in [3.63, 3.8) is 0 Å². The fourth-order valence-electron chi connectivity index (χ4n) is 4.61. The molecule has 0 aromatic heterocycles. The lowest BCUT2D eigenvalue weighted by Gasteiger charge is -2.34. The topological polar surface area (TPSA) is 96.0 Å². The standard InChI is InChI=1S/C32H40BrN3O5S/c1-32(2,3)34-31(38)28(22-24-12-7-6-8-13-24)35(23-25-17-19-26(33)20-18-25)30(37)16-11-21-36(42(5,39)40)27-14-9-10-15-29(27)41-4/h6-10,12-15,17-20,28H,11,16,21-23H2,1-5H3,(H,34,38)/t28-/m0/s1. The van der Waals surface area contributed by atoms with E-state index in [0.29, 0.717) is 17.9 Å². The van der Waals surface area contributed by atoms with E-state index < -0.39 is 21.6 Å². The van der Waals surface area contributed by atoms with Gasteiger partial charge >= 0.3 is 0 Å². The molecule has 1 atom stereocenters. The average molecular weight is 659 g/mol. The molecule has 0 spiro atoms. The Morgan fingerprint density at radius 2 is 1.55 bits per heavy atom. The lowest BCUT2D eigenvalue weighted by molar-refractivity contribution is -0.142. The molecule has 0 heterocycles. The zero-order valence-electron chi connectivity index (χ0n) is 24.8. The van der Waals surface area contributed by atoms with Gasteiger partial charge in [0.15, 0.2) is 0 Å². The van der Waals surface area contributed by atoms with Crippen molar-refractivity contribution in [1.29, 1.82) is 0 Å². The molecule has 42 heavy (non-hydrogen) atoms. The number of hydrogen-bond donors (Lipinski definition) is 1. The van der Waals surface area contributed by atoms with Gasteiger partial charge in [-0.2, -0.15) is 0 Å². The molecular formula is C32H40BrN3O5S. The number of anilines is 1. The molecule has 0 bridgehead atoms. The van der Waals surface area contributed by atoms with E-state index in [9.17, 15) is 18.0 Å². The number of carbonyl (C=O) groups excluding carboxylic acids is 2. The third-order valence-corrected chi connectivity index (χ3v) is 8.25. The smallest absolute Gasteiger partial charge is 0.243 e. The van der Waals surface area contributed by atoms with Gasteiger partial charge in [0.1, 0.15) is 11.8 Å². The summed E-state index contributed by atoms with van der Waals surface area (Å²) in [6.45, 7) is 6.02. The van der Waals surface area contributed by atoms with Gasteiger partial charge in [0.2, 0.25) is 21.8 Å². The summed E-state index contributed by atoms with van der Waals surface area (Å²) in [7, 11) is -2.17. The van der Waals surface area contributed by atoms with Crippen molar-refractivity contribution < 1.29 is 22.7 Å². The number of hydrogen-bond acceptors (Lipinski definition) is 5. The number of carbonyl (C=O) groups is 2. The van der Waals surface area contributed by atoms with E-state index in [1.54, 1.807) is 29.2 Å². The first-order chi connectivity index (χ1) is 19.8. The van der Waals surface area contributed by atoms with E-state index in [4.69, 9.17) is 4.74 Å². The van der Waals surface area contributed by atoms with E-state index in [0.717, 1.165) is 21.9 Å². The molecule has 0 unspecified atom stereocenters. The van der Waals surface area contributed by atoms with Gasteiger partial charge in [-0.25, -0.2) is 8.42 Å². The van der Waals surface area contributed by atoms with Gasteiger partial charge < -0.3 is 15.0 Å². The largest absolute Gasteiger partial charge is 0.495 e. The Balaban J connectivity index is 1.91. The van der Waals surface area contributed by atoms with Crippen LogP contribution < -0.4 is 14.4 Å². The molecule has 0 saturated heterocycles. The zero-order chi connectivity index (χ0) is 30.9. The first-order valence-corrected chi connectivity index (χ1v) is 16.4. The predicted octanol–water partition coefficient (Wildman–Crippen LogP) is 5.56. The molecule has 0 aliphatic rings. The minimum absolute atomic E-state index is 0.0474. The number of benzene rings is 3. The van der Waals surface area contributed by atoms with Crippen LogP contribution in [0.1, 0.15) is 44.7 Å². The van der Waals surface area contributed by atoms with Gasteiger partial charge in [-0.05, 0) is 62.6 Å². The number of nitrogens with one attached hydrogen (secondary N) is 1. The molecule has 0 saturated carbocycles. The Bertz CT molecular complexity index is 1440. The molecule has 0 fully saturated rings. The molecule has 3 aromatic rings. The first kappa shape index (κ1) is 33.1. The highest BCUT2D eigenvalue weighted by Gasteiger charge is 2.32. The SMILES string of the molecule is COc1ccccc1N(CCCC(=O)N(Cc1ccc(Br)cc1)[C@@H](Cc1ccccc1)C(=O)NC(C)(C)C)S(C)(=O)=O. The fraction of sp³-hybridized carbons (Fsp3) is 0.375. The molecule has 1 N–H and O–H groups in total. The average Bonchev–Trinajstić information content (AvgIpc) is 2.93. The van der Waals surface area contributed by atoms with Crippen LogP contribution in [0, 0.1) is 0 Å². The molecule has 8 nitrogen and oxygen atoms in total. The van der Waals surface area contributed by atoms with Gasteiger partial charge in [0.05, 0.1) is 19.1 Å². The van der Waals surface area contributed by atoms with Crippen molar-refractivity contribution in [3.8, 4) is 5.75 Å². The predicted molar refractivity (Wildman–Crippen MR) is 171 cm³/mol. The summed E-state index contributed by atoms with van der Waals surface area (Å²) in [5, 5.41) is 3.06. The van der Waals surface area contributed by atoms with E-state index in [-0.39, 0.29) is 37.7 Å². The molecule has 2 amide bonds. The Morgan fingerprint density at radius 1 is 0.929 bits per heavy atom. The summed E-state index contributed by atoms with van der Waals surface area (Å²) < 4.78 is 33.0. The van der Waals surface area contributed by atoms with Crippen LogP contribution in [-0.2, 0) is 32.6 Å². The van der Waals surface area contributed by atoms with Crippen LogP contribution in [-0.4, -0.2) is 56.6 Å². The van der Waals surface area contributed by atoms with Gasteiger partial charge in [-0.1, -0.05) is 70.5 Å². The van der Waals surface area contributed by atoms with Crippen LogP contribution in [0.3, 0.4) is 0 Å². The minimum Gasteiger partial charge on any atom is -0.495 e. The van der Waals surface area contributed by atoms with Crippen molar-refractivity contribution in [2.75, 3.05) is 24.2 Å². The highest BCUT2D eigenvalue weighted by atomic mass is 79.9. The van der Waals surface area contributed by atoms with E-state index >= 15 is 0 Å². The first-order valence-electron chi connectivity index (χ1n) is 13.8. The molecule has 3 rings (SSSR count). The van der Waals surface area contributed by atoms with Gasteiger partial charge in [0.25, 0.3) is 0 Å². The second kappa shape index (κ2) is 14.7. The summed E-state index contributed by atoms with van der Waals surface area (Å²) in [6, 6.07) is 23.3. The Hall–Kier alpha value is -3.37. The Labute approximate surface area is 258 Å². The van der Waals surface area contributed by atoms with Crippen LogP contribution in [0.15, 0.2) is 83.3 Å². The number of halogens is 1. The Morgan fingerprint density at radius 3 is 2.14 bits per heavy atom. The lowest BCUT2D eigenvalue weighted by Crippen LogP contribution is -2.54. The summed E-state index contributed by atoms with van der Waals surface area (Å²) in [5.41, 5.74) is 1.72. The maximum atomic E-state index is 14.0. The quantitative estimate of drug-likeness (QED) is 0.260. The second-order valence-electron chi connectivity index (χ2n) is 11.2. The molecule has 3 aromatic carbocycles. The third-order valence-electron chi connectivity index (χ3n) is 6.54. The highest BCUT2D eigenvalue weighted by molar-refractivity contribution is 9.10. The normalized spacial score (nSPS) is 12.3. The Kier molecular flexibility index (Phi) is 11.6. The lowest BCUT2D eigenvalue weighted by atomic mass is 10.00. The van der Waals surface area contributed by atoms with E-state index in [1.807, 2.05) is 75.4 Å².